The smallest absolute Gasteiger partial charge is 0.335 e. The van der Waals surface area contributed by atoms with E-state index in [0.717, 1.165) is 33.4 Å². The molecule has 3 amide bonds. The molecule has 0 aliphatic heterocycles. The third-order valence-electron chi connectivity index (χ3n) is 10.4. The van der Waals surface area contributed by atoms with E-state index in [4.69, 9.17) is 5.73 Å². The van der Waals surface area contributed by atoms with Crippen molar-refractivity contribution >= 4 is 56.6 Å². The van der Waals surface area contributed by atoms with Crippen LogP contribution in [-0.4, -0.2) is 38.8 Å². The minimum absolute atomic E-state index is 0.0804. The third kappa shape index (κ3) is 6.93. The van der Waals surface area contributed by atoms with Gasteiger partial charge in [0, 0.05) is 40.6 Å². The highest BCUT2D eigenvalue weighted by Crippen LogP contribution is 2.53. The average molecular weight is 756 g/mol. The molecule has 0 bridgehead atoms. The lowest BCUT2D eigenvalue weighted by atomic mass is 9.73. The molecule has 0 fully saturated rings. The van der Waals surface area contributed by atoms with Crippen molar-refractivity contribution in [2.24, 2.45) is 16.6 Å². The molecule has 272 valence electrons. The Hall–Kier alpha value is -5.98. The van der Waals surface area contributed by atoms with Gasteiger partial charge >= 0.3 is 5.97 Å². The minimum Gasteiger partial charge on any atom is -0.478 e. The Morgan fingerprint density at radius 3 is 1.48 bits per heavy atom. The van der Waals surface area contributed by atoms with Crippen LogP contribution in [0.25, 0.3) is 0 Å². The predicted octanol–water partition coefficient (Wildman–Crippen LogP) is 7.75. The van der Waals surface area contributed by atoms with Crippen molar-refractivity contribution in [3.63, 3.8) is 0 Å². The van der Waals surface area contributed by atoms with Crippen LogP contribution in [0, 0.1) is 10.8 Å². The molecule has 0 radical (unpaired) electrons. The predicted molar refractivity (Wildman–Crippen MR) is 210 cm³/mol. The van der Waals surface area contributed by atoms with Gasteiger partial charge in [-0.25, -0.2) is 14.8 Å². The van der Waals surface area contributed by atoms with Crippen LogP contribution in [0.5, 0.6) is 0 Å². The summed E-state index contributed by atoms with van der Waals surface area (Å²) in [5.41, 5.74) is 10.7. The first-order chi connectivity index (χ1) is 26.0. The average Bonchev–Trinajstić information content (AvgIpc) is 3.98. The van der Waals surface area contributed by atoms with E-state index in [0.29, 0.717) is 28.7 Å². The molecule has 0 saturated carbocycles. The Labute approximate surface area is 320 Å². The zero-order valence-electron chi connectivity index (χ0n) is 29.5. The van der Waals surface area contributed by atoms with Gasteiger partial charge in [-0.05, 0) is 84.3 Å². The Balaban J connectivity index is 0.000000167. The first-order valence-electron chi connectivity index (χ1n) is 17.3. The Kier molecular flexibility index (Phi) is 9.97. The Bertz CT molecular complexity index is 2170. The van der Waals surface area contributed by atoms with Gasteiger partial charge in [-0.15, -0.1) is 22.7 Å². The van der Waals surface area contributed by atoms with Crippen LogP contribution in [0.3, 0.4) is 0 Å². The molecule has 0 spiro atoms. The summed E-state index contributed by atoms with van der Waals surface area (Å²) in [5, 5.41) is 20.1. The van der Waals surface area contributed by atoms with Gasteiger partial charge in [0.05, 0.1) is 16.4 Å². The number of nitrogens with two attached hydrogens (primary N) is 1. The molecule has 54 heavy (non-hydrogen) atoms. The van der Waals surface area contributed by atoms with Crippen LogP contribution in [-0.2, 0) is 22.4 Å². The number of carboxylic acids is 1. The first-order valence-corrected chi connectivity index (χ1v) is 19.0. The van der Waals surface area contributed by atoms with Crippen molar-refractivity contribution in [2.45, 2.75) is 38.5 Å². The second-order valence-electron chi connectivity index (χ2n) is 14.0. The fraction of sp³-hybridized carbons (Fsp3) is 0.190. The van der Waals surface area contributed by atoms with Crippen LogP contribution in [0.2, 0.25) is 0 Å². The van der Waals surface area contributed by atoms with Crippen LogP contribution in [0.15, 0.2) is 120 Å². The lowest BCUT2D eigenvalue weighted by Crippen LogP contribution is -2.37. The second kappa shape index (κ2) is 14.8. The number of amides is 3. The van der Waals surface area contributed by atoms with E-state index in [2.05, 4.69) is 20.6 Å². The molecular weight excluding hydrogens is 719 g/mol. The number of hydrogen-bond acceptors (Lipinski definition) is 8. The van der Waals surface area contributed by atoms with Gasteiger partial charge in [0.15, 0.2) is 10.3 Å². The molecule has 0 saturated heterocycles. The normalized spacial score (nSPS) is 20.9. The van der Waals surface area contributed by atoms with Crippen molar-refractivity contribution in [1.29, 1.82) is 0 Å². The van der Waals surface area contributed by atoms with E-state index in [1.54, 1.807) is 30.6 Å². The molecule has 12 heteroatoms. The lowest BCUT2D eigenvalue weighted by molar-refractivity contribution is -0.125. The lowest BCUT2D eigenvalue weighted by Gasteiger charge is -2.31. The summed E-state index contributed by atoms with van der Waals surface area (Å²) in [5.74, 6) is -2.03. The van der Waals surface area contributed by atoms with Crippen LogP contribution in [0.1, 0.15) is 79.8 Å². The number of aromatic carboxylic acids is 1. The SMILES string of the molecule is C[C@@]1(C(=O)Nc2nccs2)Cc2ccc(C(=O)O)cc2[C@@H]1c1ccccc1.C[C@@]1(C(=O)Nc2nccs2)Cc2ccc(C(N)=O)cc2[C@@H]1c1ccccc1. The number of benzene rings is 4. The van der Waals surface area contributed by atoms with Crippen molar-refractivity contribution < 1.29 is 24.3 Å². The van der Waals surface area contributed by atoms with E-state index in [9.17, 15) is 24.3 Å². The first kappa shape index (κ1) is 36.4. The number of nitrogens with one attached hydrogen (secondary N) is 2. The molecule has 10 nitrogen and oxygen atoms in total. The summed E-state index contributed by atoms with van der Waals surface area (Å²) >= 11 is 2.77. The monoisotopic (exact) mass is 755 g/mol. The Morgan fingerprint density at radius 1 is 0.667 bits per heavy atom. The van der Waals surface area contributed by atoms with E-state index >= 15 is 0 Å². The standard InChI is InChI=1S/C21H19N3O2S.C21H18N2O3S/c1-21(19(26)24-20-23-9-10-27-20)12-15-8-7-14(18(22)25)11-16(15)17(21)13-5-3-2-4-6-13;1-21(19(26)23-20-22-9-10-27-20)12-15-8-7-14(18(24)25)11-16(15)17(21)13-5-3-2-4-6-13/h2-11,17H,12H2,1H3,(H2,22,25)(H,23,24,26);2-11,17H,12H2,1H3,(H,24,25)(H,22,23,26)/t2*17-,21+/m00/s1. The number of rotatable bonds is 8. The number of carbonyl (C=O) groups is 4. The zero-order valence-corrected chi connectivity index (χ0v) is 31.1. The number of aromatic nitrogens is 2. The van der Waals surface area contributed by atoms with Crippen molar-refractivity contribution in [3.8, 4) is 0 Å². The fourth-order valence-corrected chi connectivity index (χ4v) is 8.92. The van der Waals surface area contributed by atoms with Crippen molar-refractivity contribution in [2.75, 3.05) is 10.6 Å². The number of anilines is 2. The van der Waals surface area contributed by atoms with Gasteiger partial charge in [0.1, 0.15) is 0 Å². The Morgan fingerprint density at radius 2 is 1.09 bits per heavy atom. The molecule has 0 unspecified atom stereocenters. The number of carbonyl (C=O) groups excluding carboxylic acids is 3. The summed E-state index contributed by atoms with van der Waals surface area (Å²) in [6.07, 6.45) is 4.44. The maximum Gasteiger partial charge on any atom is 0.335 e. The molecule has 2 aliphatic carbocycles. The van der Waals surface area contributed by atoms with Crippen LogP contribution < -0.4 is 16.4 Å². The number of primary amides is 1. The van der Waals surface area contributed by atoms with Gasteiger partial charge in [-0.2, -0.15) is 0 Å². The molecule has 4 atom stereocenters. The van der Waals surface area contributed by atoms with Crippen LogP contribution in [0.4, 0.5) is 10.3 Å². The van der Waals surface area contributed by atoms with Gasteiger partial charge in [0.2, 0.25) is 17.7 Å². The summed E-state index contributed by atoms with van der Waals surface area (Å²) in [7, 11) is 0. The number of thiazole rings is 2. The largest absolute Gasteiger partial charge is 0.478 e. The fourth-order valence-electron chi connectivity index (χ4n) is 7.88. The maximum atomic E-state index is 13.3. The highest BCUT2D eigenvalue weighted by atomic mass is 32.1. The minimum atomic E-state index is -0.967. The number of hydrogen-bond donors (Lipinski definition) is 4. The molecule has 2 heterocycles. The number of carboxylic acid groups (broad SMARTS) is 1. The molecule has 6 aromatic rings. The number of nitrogens with zero attached hydrogens (tertiary/aromatic N) is 2. The molecule has 4 aromatic carbocycles. The van der Waals surface area contributed by atoms with Crippen molar-refractivity contribution in [1.82, 2.24) is 9.97 Å². The van der Waals surface area contributed by atoms with Crippen molar-refractivity contribution in [3.05, 3.63) is 165 Å². The van der Waals surface area contributed by atoms with Crippen LogP contribution >= 0.6 is 22.7 Å². The topological polar surface area (TPSA) is 164 Å². The van der Waals surface area contributed by atoms with E-state index in [-0.39, 0.29) is 29.2 Å². The van der Waals surface area contributed by atoms with E-state index in [1.165, 1.54) is 22.7 Å². The molecule has 2 aromatic heterocycles. The molecule has 5 N–H and O–H groups in total. The molecule has 8 rings (SSSR count). The van der Waals surface area contributed by atoms with Gasteiger partial charge < -0.3 is 21.5 Å². The van der Waals surface area contributed by atoms with Gasteiger partial charge in [-0.1, -0.05) is 72.8 Å². The third-order valence-corrected chi connectivity index (χ3v) is 11.8. The molecular formula is C42H37N5O5S2. The highest BCUT2D eigenvalue weighted by Gasteiger charge is 2.50. The quantitative estimate of drug-likeness (QED) is 0.123. The zero-order chi connectivity index (χ0) is 38.0. The second-order valence-corrected chi connectivity index (χ2v) is 15.7. The molecule has 2 aliphatic rings. The van der Waals surface area contributed by atoms with Gasteiger partial charge in [-0.3, -0.25) is 14.4 Å². The highest BCUT2D eigenvalue weighted by molar-refractivity contribution is 7.14. The van der Waals surface area contributed by atoms with E-state index < -0.39 is 22.7 Å². The summed E-state index contributed by atoms with van der Waals surface area (Å²) < 4.78 is 0. The summed E-state index contributed by atoms with van der Waals surface area (Å²) in [6, 6.07) is 30.3. The van der Waals surface area contributed by atoms with E-state index in [1.807, 2.05) is 103 Å². The number of fused-ring (bicyclic) bond motifs is 2. The maximum absolute atomic E-state index is 13.3. The van der Waals surface area contributed by atoms with Gasteiger partial charge in [0.25, 0.3) is 0 Å². The summed E-state index contributed by atoms with van der Waals surface area (Å²) in [6.45, 7) is 3.91. The summed E-state index contributed by atoms with van der Waals surface area (Å²) in [4.78, 5) is 58.0.